The van der Waals surface area contributed by atoms with Crippen LogP contribution in [0.15, 0.2) is 58.7 Å². The van der Waals surface area contributed by atoms with Gasteiger partial charge in [-0.1, -0.05) is 13.8 Å². The summed E-state index contributed by atoms with van der Waals surface area (Å²) in [6.07, 6.45) is 1.29. The normalized spacial score (nSPS) is 11.8. The molecule has 146 valence electrons. The van der Waals surface area contributed by atoms with Crippen LogP contribution in [0.3, 0.4) is 0 Å². The number of aromatic carboxylic acids is 2. The second-order valence-corrected chi connectivity index (χ2v) is 5.81. The van der Waals surface area contributed by atoms with Gasteiger partial charge >= 0.3 is 11.9 Å². The van der Waals surface area contributed by atoms with Crippen molar-refractivity contribution in [1.82, 2.24) is 0 Å². The van der Waals surface area contributed by atoms with Gasteiger partial charge < -0.3 is 10.2 Å². The summed E-state index contributed by atoms with van der Waals surface area (Å²) in [5, 5.41) is 26.6. The Morgan fingerprint density at radius 3 is 1.29 bits per heavy atom. The molecule has 2 rings (SSSR count). The van der Waals surface area contributed by atoms with Crippen molar-refractivity contribution < 1.29 is 19.8 Å². The highest BCUT2D eigenvalue weighted by Gasteiger charge is 2.07. The molecule has 0 bridgehead atoms. The molecule has 2 aromatic carbocycles. The van der Waals surface area contributed by atoms with Gasteiger partial charge in [0.1, 0.15) is 0 Å². The van der Waals surface area contributed by atoms with Crippen LogP contribution in [0.25, 0.3) is 0 Å². The van der Waals surface area contributed by atoms with Crippen molar-refractivity contribution in [3.05, 3.63) is 59.7 Å². The number of hydrogen-bond donors (Lipinski definition) is 4. The summed E-state index contributed by atoms with van der Waals surface area (Å²) >= 11 is 0. The monoisotopic (exact) mass is 382 g/mol. The van der Waals surface area contributed by atoms with Crippen LogP contribution >= 0.6 is 0 Å². The SMILES string of the molecule is CCC(=N\Nc1ccc(C(=O)O)cc1)/C(CC)=N/Nc1ccc(C(=O)O)cc1. The molecular formula is C20H22N4O4. The lowest BCUT2D eigenvalue weighted by atomic mass is 10.1. The lowest BCUT2D eigenvalue weighted by Crippen LogP contribution is -2.16. The molecule has 0 saturated carbocycles. The lowest BCUT2D eigenvalue weighted by Gasteiger charge is -2.09. The van der Waals surface area contributed by atoms with Crippen molar-refractivity contribution in [3.63, 3.8) is 0 Å². The number of hydrazone groups is 2. The van der Waals surface area contributed by atoms with Gasteiger partial charge in [-0.3, -0.25) is 10.9 Å². The van der Waals surface area contributed by atoms with Crippen LogP contribution in [0, 0.1) is 0 Å². The molecule has 0 aliphatic heterocycles. The number of carbonyl (C=O) groups is 2. The number of carboxylic acid groups (broad SMARTS) is 2. The summed E-state index contributed by atoms with van der Waals surface area (Å²) < 4.78 is 0. The third kappa shape index (κ3) is 5.66. The third-order valence-electron chi connectivity index (χ3n) is 3.91. The second-order valence-electron chi connectivity index (χ2n) is 5.81. The number of rotatable bonds is 9. The summed E-state index contributed by atoms with van der Waals surface area (Å²) in [5.74, 6) is -1.96. The van der Waals surface area contributed by atoms with Crippen LogP contribution in [-0.2, 0) is 0 Å². The highest BCUT2D eigenvalue weighted by atomic mass is 16.4. The molecule has 0 saturated heterocycles. The fraction of sp³-hybridized carbons (Fsp3) is 0.200. The minimum absolute atomic E-state index is 0.208. The van der Waals surface area contributed by atoms with E-state index in [0.717, 1.165) is 11.4 Å². The smallest absolute Gasteiger partial charge is 0.335 e. The van der Waals surface area contributed by atoms with Crippen molar-refractivity contribution in [2.24, 2.45) is 10.2 Å². The Bertz CT molecular complexity index is 812. The average Bonchev–Trinajstić information content (AvgIpc) is 2.71. The number of carboxylic acids is 2. The molecule has 0 atom stereocenters. The van der Waals surface area contributed by atoms with Gasteiger partial charge in [0.2, 0.25) is 0 Å². The largest absolute Gasteiger partial charge is 0.478 e. The van der Waals surface area contributed by atoms with Crippen LogP contribution in [0.1, 0.15) is 47.4 Å². The molecule has 0 unspecified atom stereocenters. The molecule has 8 heteroatoms. The Balaban J connectivity index is 2.10. The number of nitrogens with zero attached hydrogens (tertiary/aromatic N) is 2. The van der Waals surface area contributed by atoms with E-state index in [1.54, 1.807) is 24.3 Å². The Labute approximate surface area is 162 Å². The minimum atomic E-state index is -0.979. The molecule has 0 fully saturated rings. The van der Waals surface area contributed by atoms with Gasteiger partial charge in [-0.2, -0.15) is 10.2 Å². The number of hydrogen-bond acceptors (Lipinski definition) is 6. The molecule has 0 radical (unpaired) electrons. The summed E-state index contributed by atoms with van der Waals surface area (Å²) in [7, 11) is 0. The van der Waals surface area contributed by atoms with E-state index in [2.05, 4.69) is 21.1 Å². The number of nitrogens with one attached hydrogen (secondary N) is 2. The van der Waals surface area contributed by atoms with E-state index >= 15 is 0 Å². The molecule has 0 spiro atoms. The Kier molecular flexibility index (Phi) is 7.27. The van der Waals surface area contributed by atoms with Gasteiger partial charge in [0.05, 0.1) is 33.9 Å². The van der Waals surface area contributed by atoms with Gasteiger partial charge in [0, 0.05) is 0 Å². The summed E-state index contributed by atoms with van der Waals surface area (Å²) in [6.45, 7) is 3.92. The first kappa shape index (κ1) is 20.6. The van der Waals surface area contributed by atoms with Gasteiger partial charge in [-0.15, -0.1) is 0 Å². The number of anilines is 2. The maximum absolute atomic E-state index is 10.9. The van der Waals surface area contributed by atoms with E-state index in [1.165, 1.54) is 24.3 Å². The van der Waals surface area contributed by atoms with Crippen LogP contribution in [0.2, 0.25) is 0 Å². The van der Waals surface area contributed by atoms with Crippen molar-refractivity contribution in [3.8, 4) is 0 Å². The molecule has 0 aromatic heterocycles. The standard InChI is InChI=1S/C20H22N4O4/c1-3-17(23-21-15-9-5-13(6-10-15)19(25)26)18(4-2)24-22-16-11-7-14(8-12-16)20(27)28/h5-12,21-22H,3-4H2,1-2H3,(H,25,26)(H,27,28)/b23-17+,24-18+. The molecule has 8 nitrogen and oxygen atoms in total. The predicted molar refractivity (Wildman–Crippen MR) is 110 cm³/mol. The molecule has 4 N–H and O–H groups in total. The summed E-state index contributed by atoms with van der Waals surface area (Å²) in [6, 6.07) is 12.6. The topological polar surface area (TPSA) is 123 Å². The average molecular weight is 382 g/mol. The van der Waals surface area contributed by atoms with E-state index in [0.29, 0.717) is 24.2 Å². The van der Waals surface area contributed by atoms with E-state index in [-0.39, 0.29) is 11.1 Å². The van der Waals surface area contributed by atoms with Crippen LogP contribution in [0.5, 0.6) is 0 Å². The lowest BCUT2D eigenvalue weighted by molar-refractivity contribution is 0.0686. The molecule has 0 amide bonds. The zero-order chi connectivity index (χ0) is 20.5. The van der Waals surface area contributed by atoms with Crippen molar-refractivity contribution in [1.29, 1.82) is 0 Å². The van der Waals surface area contributed by atoms with Gasteiger partial charge in [-0.25, -0.2) is 9.59 Å². The van der Waals surface area contributed by atoms with Crippen LogP contribution in [-0.4, -0.2) is 33.6 Å². The quantitative estimate of drug-likeness (QED) is 0.382. The second kappa shape index (κ2) is 9.86. The van der Waals surface area contributed by atoms with Crippen LogP contribution < -0.4 is 10.9 Å². The van der Waals surface area contributed by atoms with E-state index in [9.17, 15) is 9.59 Å². The Morgan fingerprint density at radius 2 is 1.04 bits per heavy atom. The zero-order valence-corrected chi connectivity index (χ0v) is 15.6. The first-order chi connectivity index (χ1) is 13.4. The maximum Gasteiger partial charge on any atom is 0.335 e. The van der Waals surface area contributed by atoms with E-state index in [4.69, 9.17) is 10.2 Å². The molecule has 28 heavy (non-hydrogen) atoms. The van der Waals surface area contributed by atoms with Crippen molar-refractivity contribution >= 4 is 34.7 Å². The van der Waals surface area contributed by atoms with Gasteiger partial charge in [-0.05, 0) is 61.4 Å². The summed E-state index contributed by atoms with van der Waals surface area (Å²) in [4.78, 5) is 21.8. The summed E-state index contributed by atoms with van der Waals surface area (Å²) in [5.41, 5.74) is 9.09. The van der Waals surface area contributed by atoms with E-state index in [1.807, 2.05) is 13.8 Å². The highest BCUT2D eigenvalue weighted by Crippen LogP contribution is 2.12. The van der Waals surface area contributed by atoms with Gasteiger partial charge in [0.15, 0.2) is 0 Å². The van der Waals surface area contributed by atoms with E-state index < -0.39 is 11.9 Å². The number of benzene rings is 2. The fourth-order valence-electron chi connectivity index (χ4n) is 2.33. The first-order valence-electron chi connectivity index (χ1n) is 8.76. The Hall–Kier alpha value is -3.68. The molecule has 0 heterocycles. The van der Waals surface area contributed by atoms with Gasteiger partial charge in [0.25, 0.3) is 0 Å². The molecule has 2 aromatic rings. The highest BCUT2D eigenvalue weighted by molar-refractivity contribution is 6.42. The zero-order valence-electron chi connectivity index (χ0n) is 15.6. The molecular weight excluding hydrogens is 360 g/mol. The fourth-order valence-corrected chi connectivity index (χ4v) is 2.33. The van der Waals surface area contributed by atoms with Crippen LogP contribution in [0.4, 0.5) is 11.4 Å². The maximum atomic E-state index is 10.9. The first-order valence-corrected chi connectivity index (χ1v) is 8.76. The predicted octanol–water partition coefficient (Wildman–Crippen LogP) is 4.14. The molecule has 0 aliphatic carbocycles. The van der Waals surface area contributed by atoms with Crippen molar-refractivity contribution in [2.45, 2.75) is 26.7 Å². The third-order valence-corrected chi connectivity index (χ3v) is 3.91. The Morgan fingerprint density at radius 1 is 0.714 bits per heavy atom. The van der Waals surface area contributed by atoms with Crippen molar-refractivity contribution in [2.75, 3.05) is 10.9 Å². The minimum Gasteiger partial charge on any atom is -0.478 e. The molecule has 0 aliphatic rings.